The third kappa shape index (κ3) is 3.26. The Morgan fingerprint density at radius 2 is 2.22 bits per heavy atom. The lowest BCUT2D eigenvalue weighted by Crippen LogP contribution is -2.32. The minimum atomic E-state index is 0.747. The maximum Gasteiger partial charge on any atom is 0.190 e. The minimum Gasteiger partial charge on any atom is -0.314 e. The normalized spacial score (nSPS) is 23.7. The van der Waals surface area contributed by atoms with E-state index in [1.165, 1.54) is 25.7 Å². The molecule has 1 aromatic heterocycles. The van der Waals surface area contributed by atoms with Gasteiger partial charge in [-0.1, -0.05) is 25.1 Å². The fourth-order valence-electron chi connectivity index (χ4n) is 2.73. The van der Waals surface area contributed by atoms with Crippen LogP contribution in [-0.4, -0.2) is 33.1 Å². The molecule has 2 atom stereocenters. The van der Waals surface area contributed by atoms with Gasteiger partial charge in [0, 0.05) is 18.8 Å². The molecule has 2 unspecified atom stereocenters. The summed E-state index contributed by atoms with van der Waals surface area (Å²) >= 11 is 1.84. The first-order valence-corrected chi connectivity index (χ1v) is 7.93. The van der Waals surface area contributed by atoms with Gasteiger partial charge >= 0.3 is 0 Å². The summed E-state index contributed by atoms with van der Waals surface area (Å²) in [7, 11) is 2.04. The monoisotopic (exact) mass is 268 g/mol. The topological polar surface area (TPSA) is 42.7 Å². The molecule has 0 bridgehead atoms. The highest BCUT2D eigenvalue weighted by Crippen LogP contribution is 2.30. The van der Waals surface area contributed by atoms with E-state index >= 15 is 0 Å². The summed E-state index contributed by atoms with van der Waals surface area (Å²) in [5.74, 6) is 2.99. The van der Waals surface area contributed by atoms with Crippen LogP contribution in [0.25, 0.3) is 0 Å². The predicted molar refractivity (Wildman–Crippen MR) is 75.9 cm³/mol. The molecular weight excluding hydrogens is 244 g/mol. The fraction of sp³-hybridized carbons (Fsp3) is 0.846. The van der Waals surface area contributed by atoms with E-state index < -0.39 is 0 Å². The van der Waals surface area contributed by atoms with Crippen molar-refractivity contribution in [1.29, 1.82) is 0 Å². The molecule has 5 heteroatoms. The van der Waals surface area contributed by atoms with Crippen LogP contribution in [0.5, 0.6) is 0 Å². The summed E-state index contributed by atoms with van der Waals surface area (Å²) < 4.78 is 2.07. The average Bonchev–Trinajstić information content (AvgIpc) is 2.92. The van der Waals surface area contributed by atoms with Gasteiger partial charge in [-0.25, -0.2) is 0 Å². The Bertz CT molecular complexity index is 377. The van der Waals surface area contributed by atoms with Gasteiger partial charge in [-0.2, -0.15) is 0 Å². The number of nitrogens with one attached hydrogen (secondary N) is 1. The zero-order valence-corrected chi connectivity index (χ0v) is 12.5. The summed E-state index contributed by atoms with van der Waals surface area (Å²) in [4.78, 5) is 0. The molecule has 1 saturated carbocycles. The van der Waals surface area contributed by atoms with Crippen LogP contribution in [0.4, 0.5) is 0 Å². The van der Waals surface area contributed by atoms with E-state index in [0.717, 1.165) is 35.2 Å². The van der Waals surface area contributed by atoms with E-state index in [1.807, 2.05) is 25.7 Å². The Morgan fingerprint density at radius 1 is 1.39 bits per heavy atom. The van der Waals surface area contributed by atoms with Gasteiger partial charge in [0.15, 0.2) is 5.16 Å². The van der Waals surface area contributed by atoms with Gasteiger partial charge in [-0.15, -0.1) is 10.2 Å². The summed E-state index contributed by atoms with van der Waals surface area (Å²) in [5, 5.41) is 12.9. The molecule has 1 heterocycles. The van der Waals surface area contributed by atoms with Gasteiger partial charge in [0.05, 0.1) is 0 Å². The maximum absolute atomic E-state index is 4.20. The average molecular weight is 268 g/mol. The van der Waals surface area contributed by atoms with Crippen LogP contribution in [0.15, 0.2) is 5.16 Å². The van der Waals surface area contributed by atoms with Crippen molar-refractivity contribution in [3.05, 3.63) is 5.82 Å². The van der Waals surface area contributed by atoms with Crippen molar-refractivity contribution in [3.63, 3.8) is 0 Å². The molecule has 0 aliphatic heterocycles. The molecule has 4 nitrogen and oxygen atoms in total. The quantitative estimate of drug-likeness (QED) is 0.805. The lowest BCUT2D eigenvalue weighted by molar-refractivity contribution is 0.400. The number of rotatable bonds is 6. The van der Waals surface area contributed by atoms with E-state index in [-0.39, 0.29) is 0 Å². The molecule has 1 aliphatic rings. The molecule has 1 N–H and O–H groups in total. The molecule has 2 rings (SSSR count). The Balaban J connectivity index is 1.76. The molecule has 0 spiro atoms. The largest absolute Gasteiger partial charge is 0.314 e. The number of hydrogen-bond donors (Lipinski definition) is 1. The highest BCUT2D eigenvalue weighted by Gasteiger charge is 2.25. The van der Waals surface area contributed by atoms with Crippen LogP contribution in [0, 0.1) is 12.8 Å². The second-order valence-electron chi connectivity index (χ2n) is 5.08. The van der Waals surface area contributed by atoms with Crippen LogP contribution in [0.3, 0.4) is 0 Å². The molecule has 1 aliphatic carbocycles. The van der Waals surface area contributed by atoms with Crippen molar-refractivity contribution in [2.75, 3.05) is 12.3 Å². The van der Waals surface area contributed by atoms with Crippen LogP contribution >= 0.6 is 11.8 Å². The summed E-state index contributed by atoms with van der Waals surface area (Å²) in [5.41, 5.74) is 0. The SMILES string of the molecule is CCNC1CCCC1CCSc1nnc(C)n1C. The van der Waals surface area contributed by atoms with Crippen molar-refractivity contribution in [2.45, 2.75) is 50.7 Å². The Morgan fingerprint density at radius 3 is 2.89 bits per heavy atom. The smallest absolute Gasteiger partial charge is 0.190 e. The molecule has 1 fully saturated rings. The zero-order valence-electron chi connectivity index (χ0n) is 11.6. The summed E-state index contributed by atoms with van der Waals surface area (Å²) in [6.45, 7) is 5.29. The Labute approximate surface area is 114 Å². The van der Waals surface area contributed by atoms with Crippen molar-refractivity contribution < 1.29 is 0 Å². The van der Waals surface area contributed by atoms with Crippen LogP contribution < -0.4 is 5.32 Å². The van der Waals surface area contributed by atoms with E-state index in [1.54, 1.807) is 0 Å². The first-order chi connectivity index (χ1) is 8.72. The molecule has 0 radical (unpaired) electrons. The van der Waals surface area contributed by atoms with Crippen molar-refractivity contribution in [3.8, 4) is 0 Å². The predicted octanol–water partition coefficient (Wildman–Crippen LogP) is 2.38. The van der Waals surface area contributed by atoms with Gasteiger partial charge in [0.1, 0.15) is 5.82 Å². The van der Waals surface area contributed by atoms with E-state index in [0.29, 0.717) is 0 Å². The number of aromatic nitrogens is 3. The van der Waals surface area contributed by atoms with Crippen LogP contribution in [0.2, 0.25) is 0 Å². The highest BCUT2D eigenvalue weighted by atomic mass is 32.2. The van der Waals surface area contributed by atoms with E-state index in [4.69, 9.17) is 0 Å². The first kappa shape index (κ1) is 13.9. The number of hydrogen-bond acceptors (Lipinski definition) is 4. The molecule has 0 amide bonds. The third-order valence-corrected chi connectivity index (χ3v) is 4.95. The Kier molecular flexibility index (Phi) is 5.06. The van der Waals surface area contributed by atoms with Gasteiger partial charge < -0.3 is 9.88 Å². The Hall–Kier alpha value is -0.550. The zero-order chi connectivity index (χ0) is 13.0. The minimum absolute atomic E-state index is 0.747. The number of thioether (sulfide) groups is 1. The van der Waals surface area contributed by atoms with E-state index in [9.17, 15) is 0 Å². The molecular formula is C13H24N4S. The standard InChI is InChI=1S/C13H24N4S/c1-4-14-12-7-5-6-11(12)8-9-18-13-16-15-10(2)17(13)3/h11-12,14H,4-9H2,1-3H3. The fourth-order valence-corrected chi connectivity index (χ4v) is 3.76. The highest BCUT2D eigenvalue weighted by molar-refractivity contribution is 7.99. The second-order valence-corrected chi connectivity index (χ2v) is 6.14. The van der Waals surface area contributed by atoms with E-state index in [2.05, 4.69) is 27.0 Å². The van der Waals surface area contributed by atoms with Crippen molar-refractivity contribution in [1.82, 2.24) is 20.1 Å². The summed E-state index contributed by atoms with van der Waals surface area (Å²) in [6, 6.07) is 0.747. The van der Waals surface area contributed by atoms with Gasteiger partial charge in [-0.3, -0.25) is 0 Å². The van der Waals surface area contributed by atoms with Gasteiger partial charge in [0.25, 0.3) is 0 Å². The summed E-state index contributed by atoms with van der Waals surface area (Å²) in [6.07, 6.45) is 5.41. The molecule has 102 valence electrons. The van der Waals surface area contributed by atoms with Crippen LogP contribution in [-0.2, 0) is 7.05 Å². The van der Waals surface area contributed by atoms with Gasteiger partial charge in [-0.05, 0) is 38.6 Å². The molecule has 18 heavy (non-hydrogen) atoms. The number of nitrogens with zero attached hydrogens (tertiary/aromatic N) is 3. The molecule has 0 aromatic carbocycles. The number of aryl methyl sites for hydroxylation is 1. The first-order valence-electron chi connectivity index (χ1n) is 6.94. The second kappa shape index (κ2) is 6.57. The van der Waals surface area contributed by atoms with Crippen molar-refractivity contribution in [2.24, 2.45) is 13.0 Å². The molecule has 1 aromatic rings. The van der Waals surface area contributed by atoms with Crippen LogP contribution in [0.1, 0.15) is 38.4 Å². The lowest BCUT2D eigenvalue weighted by atomic mass is 10.0. The van der Waals surface area contributed by atoms with Gasteiger partial charge in [0.2, 0.25) is 0 Å². The maximum atomic E-state index is 4.20. The lowest BCUT2D eigenvalue weighted by Gasteiger charge is -2.19. The van der Waals surface area contributed by atoms with Crippen molar-refractivity contribution >= 4 is 11.8 Å². The molecule has 0 saturated heterocycles. The third-order valence-electron chi connectivity index (χ3n) is 3.90.